The quantitative estimate of drug-likeness (QED) is 0.339. The van der Waals surface area contributed by atoms with Crippen molar-refractivity contribution in [3.63, 3.8) is 0 Å². The second-order valence-corrected chi connectivity index (χ2v) is 7.96. The van der Waals surface area contributed by atoms with Gasteiger partial charge in [0.15, 0.2) is 0 Å². The predicted molar refractivity (Wildman–Crippen MR) is 134 cm³/mol. The number of piperazine rings is 1. The molecule has 0 unspecified atom stereocenters. The molecule has 1 aliphatic heterocycles. The van der Waals surface area contributed by atoms with Crippen molar-refractivity contribution >= 4 is 11.6 Å². The molecule has 2 aliphatic carbocycles. The molecule has 1 heterocycles. The first-order valence-corrected chi connectivity index (χ1v) is 11.5. The fourth-order valence-corrected chi connectivity index (χ4v) is 3.86. The van der Waals surface area contributed by atoms with E-state index in [9.17, 15) is 4.79 Å². The molecule has 4 rings (SSSR count). The molecule has 1 amide bonds. The van der Waals surface area contributed by atoms with Gasteiger partial charge in [0.1, 0.15) is 5.75 Å². The van der Waals surface area contributed by atoms with Crippen molar-refractivity contribution in [2.75, 3.05) is 51.3 Å². The molecule has 0 atom stereocenters. The van der Waals surface area contributed by atoms with Gasteiger partial charge < -0.3 is 15.0 Å². The average Bonchev–Trinajstić information content (AvgIpc) is 3.59. The van der Waals surface area contributed by atoms with Crippen molar-refractivity contribution in [1.82, 2.24) is 10.2 Å². The fourth-order valence-electron chi connectivity index (χ4n) is 3.86. The van der Waals surface area contributed by atoms with E-state index in [-0.39, 0.29) is 23.0 Å². The number of anilines is 1. The van der Waals surface area contributed by atoms with E-state index >= 15 is 0 Å². The number of nitrogens with one attached hydrogen (secondary N) is 1. The first kappa shape index (κ1) is 28.6. The van der Waals surface area contributed by atoms with Crippen LogP contribution in [0.1, 0.15) is 12.8 Å². The van der Waals surface area contributed by atoms with Crippen LogP contribution in [0.4, 0.5) is 5.69 Å². The zero-order valence-corrected chi connectivity index (χ0v) is 20.8. The number of nitrogens with zero attached hydrogens (tertiary/aromatic N) is 2. The number of hydrogen-bond acceptors (Lipinski definition) is 4. The molecule has 3 aliphatic rings. The molecule has 1 aromatic rings. The maximum atomic E-state index is 11.9. The molecule has 1 N–H and O–H groups in total. The van der Waals surface area contributed by atoms with Crippen LogP contribution in [0.25, 0.3) is 0 Å². The molecular weight excluding hydrogens is 466 g/mol. The zero-order valence-electron chi connectivity index (χ0n) is 19.7. The summed E-state index contributed by atoms with van der Waals surface area (Å²) in [6.07, 6.45) is 22.3. The van der Waals surface area contributed by atoms with Gasteiger partial charge in [-0.15, -0.1) is 6.42 Å². The van der Waals surface area contributed by atoms with Crippen molar-refractivity contribution in [1.29, 1.82) is 0 Å². The predicted octanol–water partition coefficient (Wildman–Crippen LogP) is 3.14. The third kappa shape index (κ3) is 9.17. The molecule has 34 heavy (non-hydrogen) atoms. The number of benzene rings is 1. The monoisotopic (exact) mass is 499 g/mol. The van der Waals surface area contributed by atoms with Crippen LogP contribution < -0.4 is 15.0 Å². The minimum absolute atomic E-state index is 0. The van der Waals surface area contributed by atoms with Crippen molar-refractivity contribution < 1.29 is 26.6 Å². The summed E-state index contributed by atoms with van der Waals surface area (Å²) in [5.74, 6) is 5.19. The average molecular weight is 499 g/mol. The number of carbonyl (C=O) groups is 1. The summed E-state index contributed by atoms with van der Waals surface area (Å²) in [5.41, 5.74) is 1.19. The molecule has 2 saturated carbocycles. The van der Waals surface area contributed by atoms with Crippen LogP contribution in [0.15, 0.2) is 24.3 Å². The number of hydrogen-bond donors (Lipinski definition) is 1. The first-order chi connectivity index (χ1) is 16.2. The van der Waals surface area contributed by atoms with E-state index < -0.39 is 0 Å². The van der Waals surface area contributed by atoms with E-state index in [2.05, 4.69) is 33.2 Å². The minimum atomic E-state index is 0. The Morgan fingerprint density at radius 2 is 1.65 bits per heavy atom. The normalized spacial score (nSPS) is 19.0. The van der Waals surface area contributed by atoms with E-state index in [0.717, 1.165) is 69.7 Å². The second kappa shape index (κ2) is 16.1. The van der Waals surface area contributed by atoms with Crippen LogP contribution in [0, 0.1) is 75.5 Å². The third-order valence-electron chi connectivity index (χ3n) is 5.74. The fraction of sp³-hybridized carbons (Fsp3) is 0.321. The van der Waals surface area contributed by atoms with Crippen molar-refractivity contribution in [3.05, 3.63) is 87.5 Å². The maximum absolute atomic E-state index is 11.9. The van der Waals surface area contributed by atoms with Crippen LogP contribution in [0.5, 0.6) is 5.75 Å². The largest absolute Gasteiger partial charge is 2.00 e. The number of para-hydroxylation sites is 2. The van der Waals surface area contributed by atoms with E-state index in [4.69, 9.17) is 11.2 Å². The summed E-state index contributed by atoms with van der Waals surface area (Å²) in [4.78, 5) is 16.8. The van der Waals surface area contributed by atoms with Gasteiger partial charge in [-0.1, -0.05) is 18.1 Å². The second-order valence-electron chi connectivity index (χ2n) is 7.96. The van der Waals surface area contributed by atoms with Crippen LogP contribution >= 0.6 is 0 Å². The molecule has 6 heteroatoms. The number of carbonyl (C=O) groups excluding carboxylic acids is 1. The van der Waals surface area contributed by atoms with Crippen LogP contribution in [0.3, 0.4) is 0 Å². The van der Waals surface area contributed by atoms with Gasteiger partial charge in [0.05, 0.1) is 24.6 Å². The Labute approximate surface area is 217 Å². The molecule has 5 nitrogen and oxygen atoms in total. The number of ether oxygens (including phenoxy) is 1. The van der Waals surface area contributed by atoms with E-state index in [1.54, 1.807) is 7.11 Å². The number of methoxy groups -OCH3 is 1. The van der Waals surface area contributed by atoms with E-state index in [1.165, 1.54) is 5.69 Å². The molecule has 1 saturated heterocycles. The SMILES string of the molecule is C#C[C]1[CH][CH][CH][CH]1.COc1ccccc1N1CCN(CCCCNC(=O)[C]2[CH][CH][CH][CH]2)CC1.[Fe+2]. The van der Waals surface area contributed by atoms with Crippen molar-refractivity contribution in [3.8, 4) is 18.1 Å². The number of terminal acetylenes is 1. The number of unbranched alkanes of at least 4 members (excludes halogenated alkanes) is 1. The minimum Gasteiger partial charge on any atom is -0.495 e. The van der Waals surface area contributed by atoms with Gasteiger partial charge in [-0.05, 0) is 82.9 Å². The van der Waals surface area contributed by atoms with Gasteiger partial charge in [0.2, 0.25) is 5.91 Å². The van der Waals surface area contributed by atoms with Gasteiger partial charge in [0.25, 0.3) is 0 Å². The van der Waals surface area contributed by atoms with Crippen LogP contribution in [-0.2, 0) is 21.9 Å². The maximum Gasteiger partial charge on any atom is 2.00 e. The summed E-state index contributed by atoms with van der Waals surface area (Å²) in [5, 5.41) is 2.98. The Balaban J connectivity index is 0.000000439. The van der Waals surface area contributed by atoms with Gasteiger partial charge in [-0.25, -0.2) is 0 Å². The van der Waals surface area contributed by atoms with Crippen molar-refractivity contribution in [2.45, 2.75) is 12.8 Å². The van der Waals surface area contributed by atoms with Gasteiger partial charge in [-0.2, -0.15) is 0 Å². The molecule has 1 aromatic carbocycles. The summed E-state index contributed by atoms with van der Waals surface area (Å²) >= 11 is 0. The topological polar surface area (TPSA) is 44.8 Å². The standard InChI is InChI=1S/C21H28N3O2.C7H5.Fe/c1-26-20-11-5-4-10-19(20)24-16-14-23(15-17-24)13-7-6-12-22-21(25)18-8-2-3-9-18;1-2-7-5-3-4-6-7;/h2-5,8-11H,6-7,12-17H2,1H3,(H,22,25);1,3-6H;/q;;+2. The van der Waals surface area contributed by atoms with Gasteiger partial charge in [0, 0.05) is 32.7 Å². The van der Waals surface area contributed by atoms with Gasteiger partial charge in [-0.3, -0.25) is 9.69 Å². The number of amides is 1. The van der Waals surface area contributed by atoms with E-state index in [1.807, 2.05) is 63.5 Å². The van der Waals surface area contributed by atoms with E-state index in [0.29, 0.717) is 0 Å². The Morgan fingerprint density at radius 3 is 2.26 bits per heavy atom. The Bertz CT molecular complexity index is 746. The molecule has 0 bridgehead atoms. The van der Waals surface area contributed by atoms with Crippen LogP contribution in [0.2, 0.25) is 0 Å². The first-order valence-electron chi connectivity index (χ1n) is 11.5. The summed E-state index contributed by atoms with van der Waals surface area (Å²) < 4.78 is 5.47. The molecule has 178 valence electrons. The molecular formula is C28H33FeN3O2+2. The summed E-state index contributed by atoms with van der Waals surface area (Å²) in [7, 11) is 1.73. The Hall–Kier alpha value is -1.67. The number of rotatable bonds is 8. The Morgan fingerprint density at radius 1 is 1.00 bits per heavy atom. The molecule has 10 radical (unpaired) electrons. The third-order valence-corrected chi connectivity index (χ3v) is 5.74. The van der Waals surface area contributed by atoms with Crippen LogP contribution in [-0.4, -0.2) is 57.2 Å². The smallest absolute Gasteiger partial charge is 0.495 e. The summed E-state index contributed by atoms with van der Waals surface area (Å²) in [6, 6.07) is 8.22. The molecule has 0 aromatic heterocycles. The van der Waals surface area contributed by atoms with Crippen molar-refractivity contribution in [2.24, 2.45) is 0 Å². The Kier molecular flexibility index (Phi) is 13.5. The molecule has 0 spiro atoms. The zero-order chi connectivity index (χ0) is 23.3. The summed E-state index contributed by atoms with van der Waals surface area (Å²) in [6.45, 7) is 6.01. The van der Waals surface area contributed by atoms with Gasteiger partial charge >= 0.3 is 17.1 Å². The molecule has 3 fully saturated rings.